The van der Waals surface area contributed by atoms with Crippen molar-refractivity contribution in [3.8, 4) is 11.5 Å². The molecular weight excluding hydrogens is 399 g/mol. The predicted molar refractivity (Wildman–Crippen MR) is 106 cm³/mol. The summed E-state index contributed by atoms with van der Waals surface area (Å²) in [5, 5.41) is 0.228. The molecule has 4 rings (SSSR count). The van der Waals surface area contributed by atoms with Crippen molar-refractivity contribution in [2.75, 3.05) is 17.9 Å². The number of nitrogens with zero attached hydrogens (tertiary/aromatic N) is 1. The number of halogens is 1. The molecule has 1 N–H and O–H groups in total. The van der Waals surface area contributed by atoms with E-state index in [-0.39, 0.29) is 23.5 Å². The Balaban J connectivity index is 1.84. The lowest BCUT2D eigenvalue weighted by atomic mass is 10.1. The number of fused-ring (bicyclic) bond motifs is 1. The fourth-order valence-corrected chi connectivity index (χ4v) is 4.24. The summed E-state index contributed by atoms with van der Waals surface area (Å²) in [7, 11) is -7.08. The maximum atomic E-state index is 15.7. The second-order valence-electron chi connectivity index (χ2n) is 6.33. The van der Waals surface area contributed by atoms with Crippen LogP contribution in [0.25, 0.3) is 10.8 Å². The van der Waals surface area contributed by atoms with Gasteiger partial charge < -0.3 is 9.47 Å². The van der Waals surface area contributed by atoms with Crippen LogP contribution in [0, 0.1) is 5.82 Å². The molecule has 7 nitrogen and oxygen atoms in total. The average Bonchev–Trinajstić information content (AvgIpc) is 2.98. The Kier molecular flexibility index (Phi) is 3.89. The van der Waals surface area contributed by atoms with Crippen LogP contribution in [0.5, 0.6) is 11.5 Å². The Labute approximate surface area is 171 Å². The van der Waals surface area contributed by atoms with Crippen molar-refractivity contribution < 1.29 is 31.2 Å². The highest BCUT2D eigenvalue weighted by atomic mass is 32.2. The standard InChI is InChI=1S/C20H17FN2O5S/c1-27-15-8-7-14-9-17(28-12-13-5-3-2-4-6-13)20(19(21)16(14)10-15)23-11-18(24)22-29(23,25)26/h2-10H,11-12H2,1H3,(H,22,24)/i1D3. The quantitative estimate of drug-likeness (QED) is 0.687. The molecule has 0 radical (unpaired) electrons. The van der Waals surface area contributed by atoms with Gasteiger partial charge in [0.15, 0.2) is 5.82 Å². The minimum atomic E-state index is -4.33. The second-order valence-corrected chi connectivity index (χ2v) is 7.93. The normalized spacial score (nSPS) is 17.3. The predicted octanol–water partition coefficient (Wildman–Crippen LogP) is 2.75. The van der Waals surface area contributed by atoms with Crippen molar-refractivity contribution in [1.82, 2.24) is 4.72 Å². The minimum absolute atomic E-state index is 0.0221. The smallest absolute Gasteiger partial charge is 0.326 e. The molecule has 0 bridgehead atoms. The Bertz CT molecular complexity index is 1300. The fourth-order valence-electron chi connectivity index (χ4n) is 3.08. The summed E-state index contributed by atoms with van der Waals surface area (Å²) in [6.07, 6.45) is 0. The Morgan fingerprint density at radius 2 is 2.00 bits per heavy atom. The summed E-state index contributed by atoms with van der Waals surface area (Å²) in [5.41, 5.74) is 0.302. The van der Waals surface area contributed by atoms with E-state index in [4.69, 9.17) is 13.6 Å². The lowest BCUT2D eigenvalue weighted by molar-refractivity contribution is -0.117. The lowest BCUT2D eigenvalue weighted by Crippen LogP contribution is -2.30. The van der Waals surface area contributed by atoms with Crippen LogP contribution in [-0.4, -0.2) is 27.9 Å². The maximum Gasteiger partial charge on any atom is 0.326 e. The molecule has 1 heterocycles. The first kappa shape index (κ1) is 15.6. The Morgan fingerprint density at radius 3 is 2.69 bits per heavy atom. The maximum absolute atomic E-state index is 15.7. The number of carbonyl (C=O) groups excluding carboxylic acids is 1. The molecule has 0 aromatic heterocycles. The van der Waals surface area contributed by atoms with Crippen molar-refractivity contribution in [3.05, 3.63) is 66.0 Å². The van der Waals surface area contributed by atoms with Crippen LogP contribution in [-0.2, 0) is 21.6 Å². The van der Waals surface area contributed by atoms with E-state index >= 15 is 4.39 Å². The summed E-state index contributed by atoms with van der Waals surface area (Å²) in [4.78, 5) is 11.7. The van der Waals surface area contributed by atoms with E-state index in [1.165, 1.54) is 18.2 Å². The first-order chi connectivity index (χ1) is 15.0. The fraction of sp³-hybridized carbons (Fsp3) is 0.150. The molecule has 1 aliphatic rings. The lowest BCUT2D eigenvalue weighted by Gasteiger charge is -2.21. The highest BCUT2D eigenvalue weighted by Crippen LogP contribution is 2.40. The van der Waals surface area contributed by atoms with Crippen LogP contribution in [0.15, 0.2) is 54.6 Å². The number of nitrogens with one attached hydrogen (secondary N) is 1. The third-order valence-electron chi connectivity index (χ3n) is 4.41. The van der Waals surface area contributed by atoms with Crippen molar-refractivity contribution in [3.63, 3.8) is 0 Å². The third kappa shape index (κ3) is 3.56. The van der Waals surface area contributed by atoms with E-state index in [1.54, 1.807) is 29.0 Å². The summed E-state index contributed by atoms with van der Waals surface area (Å²) in [6.45, 7) is -0.605. The van der Waals surface area contributed by atoms with E-state index in [1.807, 2.05) is 6.07 Å². The molecule has 0 saturated carbocycles. The molecule has 9 heteroatoms. The number of hydrogen-bond acceptors (Lipinski definition) is 5. The first-order valence-corrected chi connectivity index (χ1v) is 9.93. The van der Waals surface area contributed by atoms with Gasteiger partial charge in [-0.05, 0) is 29.1 Å². The van der Waals surface area contributed by atoms with Crippen LogP contribution in [0.2, 0.25) is 0 Å². The molecular formula is C20H17FN2O5S. The molecule has 1 fully saturated rings. The highest BCUT2D eigenvalue weighted by molar-refractivity contribution is 7.92. The number of amides is 1. The molecule has 1 aliphatic heterocycles. The van der Waals surface area contributed by atoms with Gasteiger partial charge in [-0.1, -0.05) is 36.4 Å². The number of ether oxygens (including phenoxy) is 2. The Morgan fingerprint density at radius 1 is 1.21 bits per heavy atom. The zero-order chi connectivity index (χ0) is 23.1. The molecule has 0 aliphatic carbocycles. The van der Waals surface area contributed by atoms with Crippen molar-refractivity contribution in [2.24, 2.45) is 0 Å². The number of anilines is 1. The third-order valence-corrected chi connectivity index (χ3v) is 5.79. The zero-order valence-electron chi connectivity index (χ0n) is 17.9. The van der Waals surface area contributed by atoms with Crippen molar-refractivity contribution in [2.45, 2.75) is 6.61 Å². The highest BCUT2D eigenvalue weighted by Gasteiger charge is 2.38. The molecule has 150 valence electrons. The summed E-state index contributed by atoms with van der Waals surface area (Å²) >= 11 is 0. The summed E-state index contributed by atoms with van der Waals surface area (Å²) in [5.74, 6) is -2.04. The molecule has 1 saturated heterocycles. The van der Waals surface area contributed by atoms with E-state index < -0.39 is 41.2 Å². The van der Waals surface area contributed by atoms with Crippen molar-refractivity contribution in [1.29, 1.82) is 0 Å². The summed E-state index contributed by atoms with van der Waals surface area (Å²) in [6, 6.07) is 14.3. The van der Waals surface area contributed by atoms with E-state index in [0.717, 1.165) is 11.6 Å². The second kappa shape index (κ2) is 7.25. The van der Waals surface area contributed by atoms with Crippen LogP contribution in [0.4, 0.5) is 10.1 Å². The number of carbonyl (C=O) groups is 1. The molecule has 1 amide bonds. The van der Waals surface area contributed by atoms with Crippen LogP contribution in [0.1, 0.15) is 9.68 Å². The van der Waals surface area contributed by atoms with Gasteiger partial charge in [0.1, 0.15) is 30.3 Å². The molecule has 3 aromatic carbocycles. The SMILES string of the molecule is [2H]C([2H])([2H])Oc1ccc2cc(OCc3ccccc3)c(N3CC(=O)NS3(=O)=O)c(F)c2c1. The number of hydrogen-bond donors (Lipinski definition) is 1. The van der Waals surface area contributed by atoms with Crippen LogP contribution in [0.3, 0.4) is 0 Å². The largest absolute Gasteiger partial charge is 0.497 e. The number of rotatable bonds is 5. The van der Waals surface area contributed by atoms with Gasteiger partial charge in [-0.25, -0.2) is 13.4 Å². The van der Waals surface area contributed by atoms with Crippen molar-refractivity contribution >= 4 is 32.6 Å². The topological polar surface area (TPSA) is 84.9 Å². The van der Waals surface area contributed by atoms with Crippen LogP contribution < -0.4 is 18.5 Å². The summed E-state index contributed by atoms with van der Waals surface area (Å²) < 4.78 is 75.1. The van der Waals surface area contributed by atoms with E-state index in [9.17, 15) is 13.2 Å². The Hall–Kier alpha value is -3.33. The number of methoxy groups -OCH3 is 1. The van der Waals surface area contributed by atoms with E-state index in [2.05, 4.69) is 0 Å². The number of benzene rings is 3. The van der Waals surface area contributed by atoms with Gasteiger partial charge in [-0.2, -0.15) is 8.42 Å². The molecule has 29 heavy (non-hydrogen) atoms. The van der Waals surface area contributed by atoms with Gasteiger partial charge in [-0.3, -0.25) is 4.79 Å². The molecule has 3 aromatic rings. The minimum Gasteiger partial charge on any atom is -0.497 e. The average molecular weight is 419 g/mol. The first-order valence-electron chi connectivity index (χ1n) is 9.99. The van der Waals surface area contributed by atoms with Crippen LogP contribution >= 0.6 is 0 Å². The van der Waals surface area contributed by atoms with Gasteiger partial charge in [0.2, 0.25) is 0 Å². The monoisotopic (exact) mass is 419 g/mol. The van der Waals surface area contributed by atoms with Gasteiger partial charge >= 0.3 is 10.2 Å². The van der Waals surface area contributed by atoms with E-state index in [0.29, 0.717) is 9.69 Å². The van der Waals surface area contributed by atoms with Gasteiger partial charge in [-0.15, -0.1) is 0 Å². The molecule has 0 unspecified atom stereocenters. The van der Waals surface area contributed by atoms with Gasteiger partial charge in [0.05, 0.1) is 11.2 Å². The van der Waals surface area contributed by atoms with Gasteiger partial charge in [0, 0.05) is 5.39 Å². The molecule has 0 atom stereocenters. The van der Waals surface area contributed by atoms with Gasteiger partial charge in [0.25, 0.3) is 5.91 Å². The zero-order valence-corrected chi connectivity index (χ0v) is 15.7. The molecule has 0 spiro atoms.